The molecule has 0 aliphatic rings. The van der Waals surface area contributed by atoms with E-state index in [0.29, 0.717) is 5.56 Å². The lowest BCUT2D eigenvalue weighted by Gasteiger charge is -2.17. The van der Waals surface area contributed by atoms with Crippen molar-refractivity contribution in [2.45, 2.75) is 32.5 Å². The number of alkyl halides is 3. The zero-order valence-electron chi connectivity index (χ0n) is 10.8. The number of hydrogen-bond acceptors (Lipinski definition) is 2. The summed E-state index contributed by atoms with van der Waals surface area (Å²) in [6.07, 6.45) is -4.00. The molecule has 0 saturated heterocycles. The third-order valence-electron chi connectivity index (χ3n) is 1.95. The average molecular weight is 273 g/mol. The molecule has 0 saturated carbocycles. The van der Waals surface area contributed by atoms with Gasteiger partial charge in [0, 0.05) is 6.21 Å². The van der Waals surface area contributed by atoms with Crippen molar-refractivity contribution in [3.8, 4) is 0 Å². The molecule has 0 radical (unpaired) electrons. The third kappa shape index (κ3) is 5.54. The van der Waals surface area contributed by atoms with Crippen LogP contribution < -0.4 is 0 Å². The summed E-state index contributed by atoms with van der Waals surface area (Å²) in [7, 11) is 0. The highest BCUT2D eigenvalue weighted by molar-refractivity contribution is 5.88. The number of benzene rings is 1. The minimum Gasteiger partial charge on any atom is -0.442 e. The normalized spacial score (nSPS) is 12.7. The Bertz CT molecular complexity index is 470. The molecule has 0 aliphatic heterocycles. The van der Waals surface area contributed by atoms with Crippen molar-refractivity contribution in [1.82, 2.24) is 0 Å². The molecule has 0 spiro atoms. The summed E-state index contributed by atoms with van der Waals surface area (Å²) in [6.45, 7) is 5.08. The van der Waals surface area contributed by atoms with Gasteiger partial charge in [-0.25, -0.2) is 4.79 Å². The van der Waals surface area contributed by atoms with Crippen molar-refractivity contribution in [1.29, 1.82) is 0 Å². The predicted octanol–water partition coefficient (Wildman–Crippen LogP) is 4.06. The van der Waals surface area contributed by atoms with E-state index in [1.54, 1.807) is 20.8 Å². The van der Waals surface area contributed by atoms with Crippen molar-refractivity contribution in [2.24, 2.45) is 4.99 Å². The fraction of sp³-hybridized carbons (Fsp3) is 0.385. The van der Waals surface area contributed by atoms with Crippen LogP contribution in [0.25, 0.3) is 0 Å². The molecular weight excluding hydrogens is 259 g/mol. The lowest BCUT2D eigenvalue weighted by atomic mass is 10.1. The summed E-state index contributed by atoms with van der Waals surface area (Å²) in [5, 5.41) is 0. The van der Waals surface area contributed by atoms with Gasteiger partial charge in [-0.05, 0) is 38.5 Å². The Labute approximate surface area is 109 Å². The first-order valence-corrected chi connectivity index (χ1v) is 5.52. The van der Waals surface area contributed by atoms with Crippen molar-refractivity contribution in [2.75, 3.05) is 0 Å². The number of hydrogen-bond donors (Lipinski definition) is 0. The van der Waals surface area contributed by atoms with Crippen molar-refractivity contribution in [3.63, 3.8) is 0 Å². The number of nitrogens with zero attached hydrogens (tertiary/aromatic N) is 1. The summed E-state index contributed by atoms with van der Waals surface area (Å²) in [6, 6.07) is 4.32. The second kappa shape index (κ2) is 5.42. The molecule has 1 amide bonds. The molecule has 0 fully saturated rings. The van der Waals surface area contributed by atoms with Gasteiger partial charge in [-0.3, -0.25) is 0 Å². The molecule has 0 heterocycles. The van der Waals surface area contributed by atoms with Crippen LogP contribution in [0, 0.1) is 0 Å². The van der Waals surface area contributed by atoms with Crippen LogP contribution >= 0.6 is 0 Å². The van der Waals surface area contributed by atoms with Gasteiger partial charge in [0.25, 0.3) is 0 Å². The molecule has 0 N–H and O–H groups in total. The third-order valence-corrected chi connectivity index (χ3v) is 1.95. The topological polar surface area (TPSA) is 38.7 Å². The van der Waals surface area contributed by atoms with E-state index in [-0.39, 0.29) is 0 Å². The number of aliphatic imine (C=N–C) groups is 1. The lowest BCUT2D eigenvalue weighted by molar-refractivity contribution is -0.137. The van der Waals surface area contributed by atoms with E-state index < -0.39 is 23.4 Å². The van der Waals surface area contributed by atoms with Crippen LogP contribution in [0.4, 0.5) is 18.0 Å². The molecule has 19 heavy (non-hydrogen) atoms. The van der Waals surface area contributed by atoms with E-state index in [2.05, 4.69) is 4.99 Å². The lowest BCUT2D eigenvalue weighted by Crippen LogP contribution is -2.21. The number of rotatable bonds is 1. The molecule has 0 unspecified atom stereocenters. The number of halogens is 3. The molecule has 0 bridgehead atoms. The molecule has 0 aliphatic carbocycles. The zero-order valence-corrected chi connectivity index (χ0v) is 10.8. The van der Waals surface area contributed by atoms with Crippen LogP contribution in [0.2, 0.25) is 0 Å². The van der Waals surface area contributed by atoms with Gasteiger partial charge in [-0.2, -0.15) is 18.2 Å². The van der Waals surface area contributed by atoms with Crippen LogP contribution in [0.1, 0.15) is 31.9 Å². The van der Waals surface area contributed by atoms with E-state index in [9.17, 15) is 18.0 Å². The predicted molar refractivity (Wildman–Crippen MR) is 65.3 cm³/mol. The van der Waals surface area contributed by atoms with Gasteiger partial charge < -0.3 is 4.74 Å². The Morgan fingerprint density at radius 1 is 1.16 bits per heavy atom. The van der Waals surface area contributed by atoms with Crippen molar-refractivity contribution < 1.29 is 22.7 Å². The maximum absolute atomic E-state index is 12.3. The minimum atomic E-state index is -4.37. The highest BCUT2D eigenvalue weighted by atomic mass is 19.4. The molecule has 6 heteroatoms. The summed E-state index contributed by atoms with van der Waals surface area (Å²) >= 11 is 0. The second-order valence-corrected chi connectivity index (χ2v) is 4.86. The summed E-state index contributed by atoms with van der Waals surface area (Å²) in [4.78, 5) is 14.8. The molecule has 3 nitrogen and oxygen atoms in total. The fourth-order valence-electron chi connectivity index (χ4n) is 1.17. The fourth-order valence-corrected chi connectivity index (χ4v) is 1.17. The number of ether oxygens (including phenoxy) is 1. The van der Waals surface area contributed by atoms with Gasteiger partial charge in [-0.1, -0.05) is 12.1 Å². The van der Waals surface area contributed by atoms with E-state index in [0.717, 1.165) is 18.3 Å². The molecule has 1 rings (SSSR count). The van der Waals surface area contributed by atoms with Gasteiger partial charge in [0.1, 0.15) is 5.60 Å². The number of carbonyl (C=O) groups is 1. The molecule has 104 valence electrons. The van der Waals surface area contributed by atoms with Crippen LogP contribution in [-0.4, -0.2) is 17.9 Å². The Kier molecular flexibility index (Phi) is 4.34. The maximum atomic E-state index is 12.3. The molecule has 1 aromatic rings. The Balaban J connectivity index is 2.71. The van der Waals surface area contributed by atoms with Crippen LogP contribution in [0.3, 0.4) is 0 Å². The van der Waals surface area contributed by atoms with E-state index >= 15 is 0 Å². The quantitative estimate of drug-likeness (QED) is 0.724. The molecular formula is C13H14F3NO2. The SMILES string of the molecule is CC(C)(C)OC(=O)N=Cc1ccc(C(F)(F)F)cc1. The second-order valence-electron chi connectivity index (χ2n) is 4.86. The smallest absolute Gasteiger partial charge is 0.434 e. The average Bonchev–Trinajstić information content (AvgIpc) is 2.23. The van der Waals surface area contributed by atoms with E-state index in [1.165, 1.54) is 12.1 Å². The Hall–Kier alpha value is -1.85. The Morgan fingerprint density at radius 3 is 2.11 bits per heavy atom. The van der Waals surface area contributed by atoms with Crippen LogP contribution in [0.15, 0.2) is 29.3 Å². The summed E-state index contributed by atoms with van der Waals surface area (Å²) < 4.78 is 41.9. The molecule has 0 aromatic heterocycles. The summed E-state index contributed by atoms with van der Waals surface area (Å²) in [5.74, 6) is 0. The number of carbonyl (C=O) groups excluding carboxylic acids is 1. The van der Waals surface area contributed by atoms with Gasteiger partial charge >= 0.3 is 12.3 Å². The van der Waals surface area contributed by atoms with Gasteiger partial charge in [-0.15, -0.1) is 0 Å². The zero-order chi connectivity index (χ0) is 14.7. The van der Waals surface area contributed by atoms with Gasteiger partial charge in [0.15, 0.2) is 0 Å². The number of amides is 1. The standard InChI is InChI=1S/C13H14F3NO2/c1-12(2,3)19-11(18)17-8-9-4-6-10(7-5-9)13(14,15)16/h4-8H,1-3H3. The molecule has 1 aromatic carbocycles. The van der Waals surface area contributed by atoms with E-state index in [4.69, 9.17) is 4.74 Å². The van der Waals surface area contributed by atoms with Gasteiger partial charge in [0.05, 0.1) is 5.56 Å². The first-order chi connectivity index (χ1) is 8.58. The summed E-state index contributed by atoms with van der Waals surface area (Å²) in [5.41, 5.74) is -1.02. The van der Waals surface area contributed by atoms with Gasteiger partial charge in [0.2, 0.25) is 0 Å². The highest BCUT2D eigenvalue weighted by Crippen LogP contribution is 2.28. The Morgan fingerprint density at radius 2 is 1.68 bits per heavy atom. The largest absolute Gasteiger partial charge is 0.442 e. The van der Waals surface area contributed by atoms with Crippen LogP contribution in [0.5, 0.6) is 0 Å². The maximum Gasteiger partial charge on any atom is 0.434 e. The van der Waals surface area contributed by atoms with Crippen LogP contribution in [-0.2, 0) is 10.9 Å². The van der Waals surface area contributed by atoms with Crippen molar-refractivity contribution >= 4 is 12.3 Å². The van der Waals surface area contributed by atoms with Crippen molar-refractivity contribution in [3.05, 3.63) is 35.4 Å². The first-order valence-electron chi connectivity index (χ1n) is 5.52. The van der Waals surface area contributed by atoms with E-state index in [1.807, 2.05) is 0 Å². The minimum absolute atomic E-state index is 0.388. The monoisotopic (exact) mass is 273 g/mol. The highest BCUT2D eigenvalue weighted by Gasteiger charge is 2.29. The molecule has 0 atom stereocenters. The first kappa shape index (κ1) is 15.2.